The summed E-state index contributed by atoms with van der Waals surface area (Å²) in [4.78, 5) is 12.2. The predicted octanol–water partition coefficient (Wildman–Crippen LogP) is 3.43. The van der Waals surface area contributed by atoms with Gasteiger partial charge in [-0.3, -0.25) is 4.79 Å². The fourth-order valence-corrected chi connectivity index (χ4v) is 3.90. The van der Waals surface area contributed by atoms with Crippen LogP contribution in [-0.2, 0) is 4.79 Å². The summed E-state index contributed by atoms with van der Waals surface area (Å²) in [6, 6.07) is 0. The lowest BCUT2D eigenvalue weighted by atomic mass is 9.68. The Morgan fingerprint density at radius 1 is 1.17 bits per heavy atom. The topological polar surface area (TPSA) is 57.5 Å². The number of carbonyl (C=O) groups excluding carboxylic acids is 1. The maximum Gasteiger partial charge on any atom is 0.188 e. The molecule has 0 aliphatic heterocycles. The Morgan fingerprint density at radius 3 is 2.48 bits per heavy atom. The van der Waals surface area contributed by atoms with Gasteiger partial charge in [0.1, 0.15) is 6.10 Å². The summed E-state index contributed by atoms with van der Waals surface area (Å²) in [7, 11) is 0. The van der Waals surface area contributed by atoms with Crippen LogP contribution in [0.2, 0.25) is 0 Å². The molecule has 0 aromatic rings. The van der Waals surface area contributed by atoms with Crippen LogP contribution in [0.3, 0.4) is 0 Å². The second kappa shape index (κ2) is 7.59. The number of rotatable bonds is 1. The molecular formula is C20H30O3. The maximum atomic E-state index is 12.2. The van der Waals surface area contributed by atoms with Crippen LogP contribution in [0.1, 0.15) is 47.0 Å². The van der Waals surface area contributed by atoms with Crippen LogP contribution < -0.4 is 0 Å². The maximum absolute atomic E-state index is 12.2. The van der Waals surface area contributed by atoms with Crippen LogP contribution in [0, 0.1) is 23.7 Å². The minimum absolute atomic E-state index is 0.0155. The van der Waals surface area contributed by atoms with E-state index in [0.717, 1.165) is 24.8 Å². The summed E-state index contributed by atoms with van der Waals surface area (Å²) < 4.78 is 0. The second-order valence-electron chi connectivity index (χ2n) is 7.49. The fraction of sp³-hybridized carbons (Fsp3) is 0.650. The number of fused-ring (bicyclic) bond motifs is 1. The van der Waals surface area contributed by atoms with Crippen LogP contribution in [0.5, 0.6) is 0 Å². The van der Waals surface area contributed by atoms with Crippen molar-refractivity contribution in [3.8, 4) is 0 Å². The third-order valence-electron chi connectivity index (χ3n) is 5.58. The molecule has 0 heterocycles. The lowest BCUT2D eigenvalue weighted by molar-refractivity contribution is -0.120. The van der Waals surface area contributed by atoms with Gasteiger partial charge in [0.25, 0.3) is 0 Å². The van der Waals surface area contributed by atoms with Gasteiger partial charge in [0, 0.05) is 12.5 Å². The first-order valence-corrected chi connectivity index (χ1v) is 8.70. The van der Waals surface area contributed by atoms with Gasteiger partial charge in [0.2, 0.25) is 0 Å². The molecule has 0 aromatic carbocycles. The summed E-state index contributed by atoms with van der Waals surface area (Å²) in [5.41, 5.74) is 3.12. The Morgan fingerprint density at radius 2 is 1.87 bits per heavy atom. The molecule has 128 valence electrons. The van der Waals surface area contributed by atoms with E-state index in [2.05, 4.69) is 19.9 Å². The zero-order valence-electron chi connectivity index (χ0n) is 14.7. The third-order valence-corrected chi connectivity index (χ3v) is 5.58. The molecule has 0 saturated carbocycles. The van der Waals surface area contributed by atoms with Crippen LogP contribution in [0.25, 0.3) is 0 Å². The molecule has 0 amide bonds. The van der Waals surface area contributed by atoms with Gasteiger partial charge in [-0.25, -0.2) is 0 Å². The number of hydrogen-bond donors (Lipinski definition) is 2. The highest BCUT2D eigenvalue weighted by Crippen LogP contribution is 2.42. The molecule has 0 spiro atoms. The average molecular weight is 318 g/mol. The van der Waals surface area contributed by atoms with E-state index in [1.807, 2.05) is 13.0 Å². The van der Waals surface area contributed by atoms with E-state index in [0.29, 0.717) is 23.3 Å². The number of allylic oxidation sites excluding steroid dienone is 3. The van der Waals surface area contributed by atoms with Gasteiger partial charge >= 0.3 is 0 Å². The smallest absolute Gasteiger partial charge is 0.188 e. The molecule has 0 aromatic heterocycles. The van der Waals surface area contributed by atoms with E-state index in [4.69, 9.17) is 0 Å². The molecule has 2 rings (SSSR count). The Bertz CT molecular complexity index is 541. The fourth-order valence-electron chi connectivity index (χ4n) is 3.90. The molecule has 2 N–H and O–H groups in total. The Kier molecular flexibility index (Phi) is 5.99. The van der Waals surface area contributed by atoms with E-state index in [-0.39, 0.29) is 18.3 Å². The Balaban J connectivity index is 2.29. The van der Waals surface area contributed by atoms with Crippen molar-refractivity contribution in [1.82, 2.24) is 0 Å². The minimum Gasteiger partial charge on any atom is -0.396 e. The Hall–Kier alpha value is -1.19. The van der Waals surface area contributed by atoms with Crippen molar-refractivity contribution in [1.29, 1.82) is 0 Å². The second-order valence-corrected chi connectivity index (χ2v) is 7.49. The van der Waals surface area contributed by atoms with Crippen molar-refractivity contribution in [2.75, 3.05) is 6.61 Å². The molecule has 2 aliphatic carbocycles. The quantitative estimate of drug-likeness (QED) is 0.728. The summed E-state index contributed by atoms with van der Waals surface area (Å²) in [5, 5.41) is 19.9. The predicted molar refractivity (Wildman–Crippen MR) is 92.9 cm³/mol. The van der Waals surface area contributed by atoms with Crippen molar-refractivity contribution in [3.05, 3.63) is 34.9 Å². The van der Waals surface area contributed by atoms with Crippen molar-refractivity contribution in [2.45, 2.75) is 53.1 Å². The van der Waals surface area contributed by atoms with Gasteiger partial charge in [-0.15, -0.1) is 0 Å². The zero-order valence-corrected chi connectivity index (χ0v) is 14.7. The number of carbonyl (C=O) groups is 1. The van der Waals surface area contributed by atoms with E-state index in [1.165, 1.54) is 5.57 Å². The molecule has 0 saturated heterocycles. The van der Waals surface area contributed by atoms with Gasteiger partial charge in [-0.1, -0.05) is 30.2 Å². The molecule has 0 radical (unpaired) electrons. The van der Waals surface area contributed by atoms with E-state index in [1.54, 1.807) is 13.0 Å². The highest BCUT2D eigenvalue weighted by molar-refractivity contribution is 5.95. The van der Waals surface area contributed by atoms with Crippen LogP contribution in [0.15, 0.2) is 34.9 Å². The standard InChI is InChI=1S/C20H30O3/c1-12-5-6-18-14(3)9-16(18)8-13(2)17(11-21)10-15(4)20(23)19(22)7-12/h7,9-10,13,16-18,20-21,23H,5-6,8,11H2,1-4H3/b12-7+,15-10+/t13-,16?,17-,18?,20+/m1/s1. The zero-order chi connectivity index (χ0) is 17.1. The molecule has 0 bridgehead atoms. The lowest BCUT2D eigenvalue weighted by Gasteiger charge is -2.37. The first-order chi connectivity index (χ1) is 10.8. The van der Waals surface area contributed by atoms with E-state index >= 15 is 0 Å². The van der Waals surface area contributed by atoms with E-state index < -0.39 is 6.10 Å². The molecule has 5 atom stereocenters. The largest absolute Gasteiger partial charge is 0.396 e. The molecule has 2 unspecified atom stereocenters. The first kappa shape index (κ1) is 18.2. The van der Waals surface area contributed by atoms with Crippen LogP contribution in [0.4, 0.5) is 0 Å². The number of ketones is 1. The number of hydrogen-bond acceptors (Lipinski definition) is 3. The number of aliphatic hydroxyl groups is 2. The summed E-state index contributed by atoms with van der Waals surface area (Å²) in [6.45, 7) is 8.13. The molecule has 3 heteroatoms. The van der Waals surface area contributed by atoms with Gasteiger partial charge in [0.05, 0.1) is 0 Å². The normalized spacial score (nSPS) is 40.9. The van der Waals surface area contributed by atoms with Crippen molar-refractivity contribution < 1.29 is 15.0 Å². The van der Waals surface area contributed by atoms with Crippen molar-refractivity contribution in [3.63, 3.8) is 0 Å². The van der Waals surface area contributed by atoms with Crippen LogP contribution in [-0.4, -0.2) is 28.7 Å². The lowest BCUT2D eigenvalue weighted by Crippen LogP contribution is -2.28. The number of aliphatic hydroxyl groups excluding tert-OH is 2. The van der Waals surface area contributed by atoms with Crippen LogP contribution >= 0.6 is 0 Å². The third kappa shape index (κ3) is 4.21. The molecular weight excluding hydrogens is 288 g/mol. The summed E-state index contributed by atoms with van der Waals surface area (Å²) in [6.07, 6.45) is 7.73. The molecule has 2 aliphatic rings. The van der Waals surface area contributed by atoms with Gasteiger partial charge in [0.15, 0.2) is 5.78 Å². The highest BCUT2D eigenvalue weighted by atomic mass is 16.3. The first-order valence-electron chi connectivity index (χ1n) is 8.70. The van der Waals surface area contributed by atoms with Gasteiger partial charge in [-0.05, 0) is 69.4 Å². The minimum atomic E-state index is -1.09. The van der Waals surface area contributed by atoms with Gasteiger partial charge < -0.3 is 10.2 Å². The van der Waals surface area contributed by atoms with E-state index in [9.17, 15) is 15.0 Å². The SMILES string of the molecule is CC1=CC2C[C@@H](C)[C@@H](CO)/C=C(\C)[C@H](O)C(=O)/C=C(\C)CCC12. The summed E-state index contributed by atoms with van der Waals surface area (Å²) >= 11 is 0. The average Bonchev–Trinajstić information content (AvgIpc) is 2.50. The highest BCUT2D eigenvalue weighted by Gasteiger charge is 2.32. The molecule has 3 nitrogen and oxygen atoms in total. The van der Waals surface area contributed by atoms with Crippen molar-refractivity contribution in [2.24, 2.45) is 23.7 Å². The van der Waals surface area contributed by atoms with Crippen molar-refractivity contribution >= 4 is 5.78 Å². The molecule has 23 heavy (non-hydrogen) atoms. The van der Waals surface area contributed by atoms with Gasteiger partial charge in [-0.2, -0.15) is 0 Å². The molecule has 0 fully saturated rings. The summed E-state index contributed by atoms with van der Waals surface area (Å²) in [5.74, 6) is 1.22. The Labute approximate surface area is 139 Å². The monoisotopic (exact) mass is 318 g/mol.